The SMILES string of the molecule is CC(C)[C@@H](NC(=O)c1ccccc1)C(=O)OCC(=O)N1c2ccccc2Sc2ccccc21. The number of fused-ring (bicyclic) bond motifs is 2. The number of anilines is 2. The zero-order chi connectivity index (χ0) is 23.4. The van der Waals surface area contributed by atoms with Crippen LogP contribution in [0.1, 0.15) is 24.2 Å². The van der Waals surface area contributed by atoms with Crippen molar-refractivity contribution in [1.82, 2.24) is 5.32 Å². The molecule has 33 heavy (non-hydrogen) atoms. The van der Waals surface area contributed by atoms with Gasteiger partial charge in [-0.1, -0.05) is 68.1 Å². The van der Waals surface area contributed by atoms with Crippen molar-refractivity contribution >= 4 is 40.9 Å². The average Bonchev–Trinajstić information content (AvgIpc) is 2.84. The second-order valence-electron chi connectivity index (χ2n) is 7.94. The van der Waals surface area contributed by atoms with Gasteiger partial charge in [-0.3, -0.25) is 14.5 Å². The van der Waals surface area contributed by atoms with Crippen LogP contribution in [0.5, 0.6) is 0 Å². The predicted octanol–water partition coefficient (Wildman–Crippen LogP) is 4.81. The zero-order valence-corrected chi connectivity index (χ0v) is 19.2. The first kappa shape index (κ1) is 22.6. The molecular formula is C26H24N2O4S. The van der Waals surface area contributed by atoms with Crippen LogP contribution in [0.15, 0.2) is 88.7 Å². The quantitative estimate of drug-likeness (QED) is 0.534. The highest BCUT2D eigenvalue weighted by atomic mass is 32.2. The number of ether oxygens (including phenoxy) is 1. The summed E-state index contributed by atoms with van der Waals surface area (Å²) < 4.78 is 5.40. The number of benzene rings is 3. The molecule has 168 valence electrons. The standard InChI is InChI=1S/C26H24N2O4S/c1-17(2)24(27-25(30)18-10-4-3-5-11-18)26(31)32-16-23(29)28-19-12-6-8-14-21(19)33-22-15-9-7-13-20(22)28/h3-15,17,24H,16H2,1-2H3,(H,27,30)/t24-/m1/s1. The average molecular weight is 461 g/mol. The van der Waals surface area contributed by atoms with Gasteiger partial charge in [0.15, 0.2) is 6.61 Å². The molecule has 7 heteroatoms. The molecule has 1 atom stereocenters. The molecule has 3 aromatic rings. The summed E-state index contributed by atoms with van der Waals surface area (Å²) in [6, 6.07) is 23.0. The van der Waals surface area contributed by atoms with Crippen molar-refractivity contribution < 1.29 is 19.1 Å². The first-order chi connectivity index (χ1) is 16.0. The molecule has 0 radical (unpaired) electrons. The van der Waals surface area contributed by atoms with Crippen molar-refractivity contribution in [2.75, 3.05) is 11.5 Å². The third-order valence-corrected chi connectivity index (χ3v) is 6.39. The molecule has 2 amide bonds. The van der Waals surface area contributed by atoms with Crippen LogP contribution in [0.25, 0.3) is 0 Å². The smallest absolute Gasteiger partial charge is 0.329 e. The second kappa shape index (κ2) is 9.92. The number of para-hydroxylation sites is 2. The van der Waals surface area contributed by atoms with E-state index in [1.807, 2.05) is 68.4 Å². The Morgan fingerprint density at radius 2 is 1.39 bits per heavy atom. The van der Waals surface area contributed by atoms with Gasteiger partial charge in [0, 0.05) is 15.4 Å². The molecule has 0 saturated heterocycles. The van der Waals surface area contributed by atoms with Crippen LogP contribution in [0.3, 0.4) is 0 Å². The summed E-state index contributed by atoms with van der Waals surface area (Å²) in [4.78, 5) is 42.0. The summed E-state index contributed by atoms with van der Waals surface area (Å²) in [5.74, 6) is -1.59. The van der Waals surface area contributed by atoms with Crippen LogP contribution in [0.4, 0.5) is 11.4 Å². The summed E-state index contributed by atoms with van der Waals surface area (Å²) in [5, 5.41) is 2.73. The van der Waals surface area contributed by atoms with Gasteiger partial charge in [0.1, 0.15) is 6.04 Å². The summed E-state index contributed by atoms with van der Waals surface area (Å²) in [7, 11) is 0. The predicted molar refractivity (Wildman–Crippen MR) is 128 cm³/mol. The van der Waals surface area contributed by atoms with Crippen molar-refractivity contribution in [2.24, 2.45) is 5.92 Å². The molecule has 1 aliphatic heterocycles. The van der Waals surface area contributed by atoms with Gasteiger partial charge in [-0.2, -0.15) is 0 Å². The van der Waals surface area contributed by atoms with Crippen molar-refractivity contribution in [1.29, 1.82) is 0 Å². The van der Waals surface area contributed by atoms with Gasteiger partial charge in [-0.05, 0) is 42.3 Å². The topological polar surface area (TPSA) is 75.7 Å². The molecular weight excluding hydrogens is 436 g/mol. The van der Waals surface area contributed by atoms with E-state index in [1.54, 1.807) is 40.9 Å². The number of hydrogen-bond donors (Lipinski definition) is 1. The minimum Gasteiger partial charge on any atom is -0.454 e. The number of carbonyl (C=O) groups excluding carboxylic acids is 3. The lowest BCUT2D eigenvalue weighted by Crippen LogP contribution is -2.46. The number of nitrogens with one attached hydrogen (secondary N) is 1. The maximum absolute atomic E-state index is 13.2. The Kier molecular flexibility index (Phi) is 6.79. The molecule has 4 rings (SSSR count). The molecule has 1 heterocycles. The Bertz CT molecular complexity index is 1130. The van der Waals surface area contributed by atoms with E-state index in [-0.39, 0.29) is 17.7 Å². The molecule has 0 fully saturated rings. The highest BCUT2D eigenvalue weighted by molar-refractivity contribution is 7.99. The van der Waals surface area contributed by atoms with Crippen LogP contribution >= 0.6 is 11.8 Å². The van der Waals surface area contributed by atoms with E-state index in [0.717, 1.165) is 21.2 Å². The fraction of sp³-hybridized carbons (Fsp3) is 0.192. The lowest BCUT2D eigenvalue weighted by molar-refractivity contribution is -0.150. The highest BCUT2D eigenvalue weighted by Crippen LogP contribution is 2.47. The first-order valence-corrected chi connectivity index (χ1v) is 11.5. The first-order valence-electron chi connectivity index (χ1n) is 10.7. The number of hydrogen-bond acceptors (Lipinski definition) is 5. The molecule has 0 spiro atoms. The Labute approximate surface area is 196 Å². The van der Waals surface area contributed by atoms with Crippen LogP contribution in [0, 0.1) is 5.92 Å². The van der Waals surface area contributed by atoms with E-state index in [4.69, 9.17) is 4.74 Å². The molecule has 0 bridgehead atoms. The molecule has 3 aromatic carbocycles. The Hall–Kier alpha value is -3.58. The number of amides is 2. The lowest BCUT2D eigenvalue weighted by atomic mass is 10.0. The fourth-order valence-corrected chi connectivity index (χ4v) is 4.63. The molecule has 0 saturated carbocycles. The van der Waals surface area contributed by atoms with Gasteiger partial charge in [-0.15, -0.1) is 0 Å². The molecule has 0 aliphatic carbocycles. The molecule has 0 unspecified atom stereocenters. The lowest BCUT2D eigenvalue weighted by Gasteiger charge is -2.31. The van der Waals surface area contributed by atoms with Crippen molar-refractivity contribution in [3.05, 3.63) is 84.4 Å². The molecule has 1 N–H and O–H groups in total. The summed E-state index contributed by atoms with van der Waals surface area (Å²) in [5.41, 5.74) is 1.95. The van der Waals surface area contributed by atoms with Gasteiger partial charge >= 0.3 is 5.97 Å². The van der Waals surface area contributed by atoms with Crippen LogP contribution < -0.4 is 10.2 Å². The number of rotatable bonds is 6. The minimum atomic E-state index is -0.873. The van der Waals surface area contributed by atoms with E-state index in [2.05, 4.69) is 5.32 Å². The summed E-state index contributed by atoms with van der Waals surface area (Å²) in [6.45, 7) is 3.19. The van der Waals surface area contributed by atoms with Gasteiger partial charge in [0.25, 0.3) is 11.8 Å². The molecule has 1 aliphatic rings. The third-order valence-electron chi connectivity index (χ3n) is 5.26. The van der Waals surface area contributed by atoms with Gasteiger partial charge in [0.05, 0.1) is 11.4 Å². The normalized spacial score (nSPS) is 13.0. The summed E-state index contributed by atoms with van der Waals surface area (Å²) in [6.07, 6.45) is 0. The maximum atomic E-state index is 13.2. The van der Waals surface area contributed by atoms with E-state index in [0.29, 0.717) is 5.56 Å². The van der Waals surface area contributed by atoms with Crippen molar-refractivity contribution in [3.63, 3.8) is 0 Å². The van der Waals surface area contributed by atoms with Crippen LogP contribution in [0.2, 0.25) is 0 Å². The van der Waals surface area contributed by atoms with Crippen molar-refractivity contribution in [3.8, 4) is 0 Å². The van der Waals surface area contributed by atoms with E-state index in [9.17, 15) is 14.4 Å². The molecule has 0 aromatic heterocycles. The monoisotopic (exact) mass is 460 g/mol. The summed E-state index contributed by atoms with van der Waals surface area (Å²) >= 11 is 1.59. The second-order valence-corrected chi connectivity index (χ2v) is 9.02. The Balaban J connectivity index is 1.48. The van der Waals surface area contributed by atoms with E-state index >= 15 is 0 Å². The van der Waals surface area contributed by atoms with E-state index in [1.165, 1.54) is 0 Å². The molecule has 6 nitrogen and oxygen atoms in total. The minimum absolute atomic E-state index is 0.215. The number of esters is 1. The van der Waals surface area contributed by atoms with E-state index < -0.39 is 18.6 Å². The number of nitrogens with zero attached hydrogens (tertiary/aromatic N) is 1. The van der Waals surface area contributed by atoms with Gasteiger partial charge in [-0.25, -0.2) is 4.79 Å². The Morgan fingerprint density at radius 3 is 1.97 bits per heavy atom. The van der Waals surface area contributed by atoms with Crippen LogP contribution in [-0.2, 0) is 14.3 Å². The van der Waals surface area contributed by atoms with Gasteiger partial charge < -0.3 is 10.1 Å². The van der Waals surface area contributed by atoms with Crippen molar-refractivity contribution in [2.45, 2.75) is 29.7 Å². The Morgan fingerprint density at radius 1 is 0.848 bits per heavy atom. The van der Waals surface area contributed by atoms with Gasteiger partial charge in [0.2, 0.25) is 0 Å². The fourth-order valence-electron chi connectivity index (χ4n) is 3.57. The third kappa shape index (κ3) is 4.93. The highest BCUT2D eigenvalue weighted by Gasteiger charge is 2.31. The zero-order valence-electron chi connectivity index (χ0n) is 18.4. The van der Waals surface area contributed by atoms with Crippen LogP contribution in [-0.4, -0.2) is 30.4 Å². The maximum Gasteiger partial charge on any atom is 0.329 e. The number of carbonyl (C=O) groups is 3. The largest absolute Gasteiger partial charge is 0.454 e.